The number of ether oxygens (including phenoxy) is 2. The maximum absolute atomic E-state index is 11.3. The summed E-state index contributed by atoms with van der Waals surface area (Å²) in [4.78, 5) is 16.0. The second-order valence-electron chi connectivity index (χ2n) is 5.56. The second kappa shape index (κ2) is 9.78. The van der Waals surface area contributed by atoms with Crippen LogP contribution in [-0.2, 0) is 14.3 Å². The molecule has 1 rings (SSSR count). The maximum atomic E-state index is 11.3. The molecule has 20 heavy (non-hydrogen) atoms. The Balaban J connectivity index is 2.26. The molecule has 4 heteroatoms. The molecule has 0 fully saturated rings. The summed E-state index contributed by atoms with van der Waals surface area (Å²) in [5.41, 5.74) is 0. The SMILES string of the molecule is CCOC1=N[C@H](CCCC[C@@H](C)C(=O)OC)CCCC1. The molecule has 0 aromatic rings. The third-order valence-corrected chi connectivity index (χ3v) is 3.84. The minimum absolute atomic E-state index is 0.0108. The largest absolute Gasteiger partial charge is 0.481 e. The smallest absolute Gasteiger partial charge is 0.308 e. The van der Waals surface area contributed by atoms with Gasteiger partial charge in [0.1, 0.15) is 0 Å². The summed E-state index contributed by atoms with van der Waals surface area (Å²) in [5, 5.41) is 0. The molecule has 116 valence electrons. The fourth-order valence-corrected chi connectivity index (χ4v) is 2.62. The highest BCUT2D eigenvalue weighted by atomic mass is 16.5. The van der Waals surface area contributed by atoms with Crippen molar-refractivity contribution >= 4 is 11.9 Å². The average Bonchev–Trinajstić information content (AvgIpc) is 2.68. The monoisotopic (exact) mass is 283 g/mol. The number of carbonyl (C=O) groups excluding carboxylic acids is 1. The van der Waals surface area contributed by atoms with Crippen molar-refractivity contribution in [1.29, 1.82) is 0 Å². The highest BCUT2D eigenvalue weighted by molar-refractivity contribution is 5.76. The predicted octanol–water partition coefficient (Wildman–Crippen LogP) is 3.73. The highest BCUT2D eigenvalue weighted by Gasteiger charge is 2.15. The summed E-state index contributed by atoms with van der Waals surface area (Å²) in [6.45, 7) is 4.65. The first-order chi connectivity index (χ1) is 9.67. The predicted molar refractivity (Wildman–Crippen MR) is 81.0 cm³/mol. The lowest BCUT2D eigenvalue weighted by atomic mass is 10.00. The number of carbonyl (C=O) groups is 1. The van der Waals surface area contributed by atoms with Crippen molar-refractivity contribution in [3.8, 4) is 0 Å². The molecule has 0 bridgehead atoms. The molecule has 1 aliphatic rings. The molecular formula is C16H29NO3. The van der Waals surface area contributed by atoms with E-state index in [0.29, 0.717) is 12.6 Å². The second-order valence-corrected chi connectivity index (χ2v) is 5.56. The van der Waals surface area contributed by atoms with Crippen LogP contribution in [0.2, 0.25) is 0 Å². The van der Waals surface area contributed by atoms with Gasteiger partial charge in [0.2, 0.25) is 0 Å². The van der Waals surface area contributed by atoms with Crippen molar-refractivity contribution in [3.63, 3.8) is 0 Å². The fraction of sp³-hybridized carbons (Fsp3) is 0.875. The minimum atomic E-state index is -0.101. The number of aliphatic imine (C=N–C) groups is 1. The van der Waals surface area contributed by atoms with Crippen LogP contribution in [0.25, 0.3) is 0 Å². The van der Waals surface area contributed by atoms with Gasteiger partial charge in [0.15, 0.2) is 5.90 Å². The van der Waals surface area contributed by atoms with E-state index in [-0.39, 0.29) is 11.9 Å². The first-order valence-corrected chi connectivity index (χ1v) is 7.94. The summed E-state index contributed by atoms with van der Waals surface area (Å²) in [5.74, 6) is 0.852. The number of rotatable bonds is 7. The van der Waals surface area contributed by atoms with E-state index in [4.69, 9.17) is 14.5 Å². The lowest BCUT2D eigenvalue weighted by molar-refractivity contribution is -0.145. The van der Waals surface area contributed by atoms with E-state index < -0.39 is 0 Å². The first kappa shape index (κ1) is 17.0. The molecule has 0 spiro atoms. The van der Waals surface area contributed by atoms with E-state index in [1.165, 1.54) is 26.4 Å². The van der Waals surface area contributed by atoms with E-state index in [2.05, 4.69) is 0 Å². The standard InChI is InChI=1S/C16H29NO3/c1-4-20-15-12-8-7-11-14(17-15)10-6-5-9-13(2)16(18)19-3/h13-14H,4-12H2,1-3H3/t13-,14-/m1/s1. The van der Waals surface area contributed by atoms with Gasteiger partial charge in [-0.15, -0.1) is 0 Å². The van der Waals surface area contributed by atoms with E-state index in [9.17, 15) is 4.79 Å². The van der Waals surface area contributed by atoms with Gasteiger partial charge in [-0.2, -0.15) is 0 Å². The number of hydrogen-bond donors (Lipinski definition) is 0. The van der Waals surface area contributed by atoms with Crippen molar-refractivity contribution in [2.24, 2.45) is 10.9 Å². The van der Waals surface area contributed by atoms with Crippen LogP contribution < -0.4 is 0 Å². The molecule has 0 saturated carbocycles. The molecule has 0 aliphatic carbocycles. The van der Waals surface area contributed by atoms with Gasteiger partial charge in [-0.3, -0.25) is 9.79 Å². The third kappa shape index (κ3) is 6.40. The number of hydrogen-bond acceptors (Lipinski definition) is 4. The Morgan fingerprint density at radius 1 is 1.40 bits per heavy atom. The van der Waals surface area contributed by atoms with Crippen LogP contribution in [0.1, 0.15) is 65.2 Å². The molecule has 0 unspecified atom stereocenters. The average molecular weight is 283 g/mol. The summed E-state index contributed by atoms with van der Waals surface area (Å²) in [6.07, 6.45) is 8.78. The van der Waals surface area contributed by atoms with E-state index in [1.807, 2.05) is 13.8 Å². The van der Waals surface area contributed by atoms with Crippen LogP contribution in [0, 0.1) is 5.92 Å². The molecule has 4 nitrogen and oxygen atoms in total. The Hall–Kier alpha value is -1.06. The highest BCUT2D eigenvalue weighted by Crippen LogP contribution is 2.20. The molecule has 1 heterocycles. The number of esters is 1. The van der Waals surface area contributed by atoms with Crippen LogP contribution in [0.15, 0.2) is 4.99 Å². The van der Waals surface area contributed by atoms with E-state index in [1.54, 1.807) is 0 Å². The lowest BCUT2D eigenvalue weighted by Gasteiger charge is -2.13. The van der Waals surface area contributed by atoms with Crippen LogP contribution in [0.5, 0.6) is 0 Å². The molecule has 1 aliphatic heterocycles. The number of unbranched alkanes of at least 4 members (excludes halogenated alkanes) is 1. The van der Waals surface area contributed by atoms with Crippen molar-refractivity contribution in [2.45, 2.75) is 71.3 Å². The maximum Gasteiger partial charge on any atom is 0.308 e. The fourth-order valence-electron chi connectivity index (χ4n) is 2.62. The first-order valence-electron chi connectivity index (χ1n) is 7.94. The number of nitrogens with zero attached hydrogens (tertiary/aromatic N) is 1. The van der Waals surface area contributed by atoms with Crippen LogP contribution >= 0.6 is 0 Å². The van der Waals surface area contributed by atoms with Gasteiger partial charge in [0.05, 0.1) is 25.7 Å². The van der Waals surface area contributed by atoms with E-state index >= 15 is 0 Å². The van der Waals surface area contributed by atoms with Crippen molar-refractivity contribution in [3.05, 3.63) is 0 Å². The van der Waals surface area contributed by atoms with Gasteiger partial charge in [-0.1, -0.05) is 26.2 Å². The van der Waals surface area contributed by atoms with Crippen molar-refractivity contribution in [2.75, 3.05) is 13.7 Å². The van der Waals surface area contributed by atoms with Crippen molar-refractivity contribution < 1.29 is 14.3 Å². The summed E-state index contributed by atoms with van der Waals surface area (Å²) < 4.78 is 10.3. The zero-order valence-corrected chi connectivity index (χ0v) is 13.2. The van der Waals surface area contributed by atoms with E-state index in [0.717, 1.165) is 38.0 Å². The Labute approximate surface area is 122 Å². The molecule has 0 aromatic heterocycles. The van der Waals surface area contributed by atoms with Gasteiger partial charge in [-0.25, -0.2) is 0 Å². The van der Waals surface area contributed by atoms with Crippen LogP contribution in [0.3, 0.4) is 0 Å². The number of methoxy groups -OCH3 is 1. The summed E-state index contributed by atoms with van der Waals surface area (Å²) >= 11 is 0. The molecule has 0 aromatic carbocycles. The zero-order chi connectivity index (χ0) is 14.8. The quantitative estimate of drug-likeness (QED) is 0.528. The Bertz CT molecular complexity index is 315. The van der Waals surface area contributed by atoms with Gasteiger partial charge in [-0.05, 0) is 32.6 Å². The molecule has 2 atom stereocenters. The molecule has 0 N–H and O–H groups in total. The van der Waals surface area contributed by atoms with Gasteiger partial charge in [0, 0.05) is 6.42 Å². The minimum Gasteiger partial charge on any atom is -0.481 e. The van der Waals surface area contributed by atoms with Crippen LogP contribution in [0.4, 0.5) is 0 Å². The lowest BCUT2D eigenvalue weighted by Crippen LogP contribution is -2.13. The Kier molecular flexibility index (Phi) is 8.31. The molecule has 0 amide bonds. The Morgan fingerprint density at radius 2 is 2.20 bits per heavy atom. The topological polar surface area (TPSA) is 47.9 Å². The normalized spacial score (nSPS) is 20.8. The summed E-state index contributed by atoms with van der Waals surface area (Å²) in [7, 11) is 1.45. The van der Waals surface area contributed by atoms with Gasteiger partial charge in [0.25, 0.3) is 0 Å². The van der Waals surface area contributed by atoms with Crippen LogP contribution in [-0.4, -0.2) is 31.6 Å². The van der Waals surface area contributed by atoms with Gasteiger partial charge < -0.3 is 9.47 Å². The summed E-state index contributed by atoms with van der Waals surface area (Å²) in [6, 6.07) is 0.410. The Morgan fingerprint density at radius 3 is 2.90 bits per heavy atom. The molecular weight excluding hydrogens is 254 g/mol. The van der Waals surface area contributed by atoms with Crippen molar-refractivity contribution in [1.82, 2.24) is 0 Å². The molecule has 0 saturated heterocycles. The molecule has 0 radical (unpaired) electrons. The van der Waals surface area contributed by atoms with Gasteiger partial charge >= 0.3 is 5.97 Å². The third-order valence-electron chi connectivity index (χ3n) is 3.84. The zero-order valence-electron chi connectivity index (χ0n) is 13.2.